The van der Waals surface area contributed by atoms with E-state index in [1.54, 1.807) is 0 Å². The van der Waals surface area contributed by atoms with Gasteiger partial charge in [0.05, 0.1) is 11.7 Å². The average Bonchev–Trinajstić information content (AvgIpc) is 2.86. The number of aliphatic hydroxyl groups excluding tert-OH is 1. The van der Waals surface area contributed by atoms with Crippen molar-refractivity contribution >= 4 is 0 Å². The molecule has 0 saturated heterocycles. The first kappa shape index (κ1) is 14.3. The fourth-order valence-electron chi connectivity index (χ4n) is 7.34. The molecule has 0 spiro atoms. The lowest BCUT2D eigenvalue weighted by molar-refractivity contribution is -0.129. The van der Waals surface area contributed by atoms with Gasteiger partial charge in [-0.1, -0.05) is 13.0 Å². The summed E-state index contributed by atoms with van der Waals surface area (Å²) in [6.45, 7) is 2.25. The van der Waals surface area contributed by atoms with Crippen molar-refractivity contribution < 1.29 is 15.3 Å². The highest BCUT2D eigenvalue weighted by atomic mass is 16.3. The molecule has 2 bridgehead atoms. The highest BCUT2D eigenvalue weighted by molar-refractivity contribution is 5.41. The molecule has 3 heteroatoms. The fraction of sp³-hybridized carbons (Fsp3) is 0.700. The van der Waals surface area contributed by atoms with Crippen molar-refractivity contribution in [2.75, 3.05) is 0 Å². The minimum absolute atomic E-state index is 0.0969. The Hall–Kier alpha value is -1.06. The van der Waals surface area contributed by atoms with Gasteiger partial charge in [-0.25, -0.2) is 0 Å². The molecule has 4 aliphatic rings. The normalized spacial score (nSPS) is 50.3. The first-order chi connectivity index (χ1) is 10.9. The van der Waals surface area contributed by atoms with E-state index >= 15 is 0 Å². The molecular formula is C20H26O3. The maximum Gasteiger partial charge on any atom is 0.115 e. The molecule has 3 nitrogen and oxygen atoms in total. The highest BCUT2D eigenvalue weighted by Gasteiger charge is 2.76. The van der Waals surface area contributed by atoms with Gasteiger partial charge in [-0.15, -0.1) is 0 Å². The van der Waals surface area contributed by atoms with E-state index in [9.17, 15) is 15.3 Å². The molecular weight excluding hydrogens is 288 g/mol. The van der Waals surface area contributed by atoms with E-state index in [-0.39, 0.29) is 10.8 Å². The van der Waals surface area contributed by atoms with E-state index < -0.39 is 11.7 Å². The van der Waals surface area contributed by atoms with Crippen LogP contribution in [0.4, 0.5) is 0 Å². The van der Waals surface area contributed by atoms with Crippen LogP contribution in [-0.4, -0.2) is 27.0 Å². The van der Waals surface area contributed by atoms with Crippen molar-refractivity contribution in [3.8, 4) is 5.75 Å². The Morgan fingerprint density at radius 2 is 1.96 bits per heavy atom. The predicted molar refractivity (Wildman–Crippen MR) is 87.2 cm³/mol. The maximum absolute atomic E-state index is 11.2. The monoisotopic (exact) mass is 314 g/mol. The second kappa shape index (κ2) is 4.12. The number of aliphatic hydroxyl groups is 2. The molecule has 3 saturated carbocycles. The molecule has 0 amide bonds. The van der Waals surface area contributed by atoms with E-state index in [0.717, 1.165) is 44.9 Å². The molecule has 3 N–H and O–H groups in total. The van der Waals surface area contributed by atoms with Crippen LogP contribution in [-0.2, 0) is 6.42 Å². The van der Waals surface area contributed by atoms with Crippen molar-refractivity contribution in [2.45, 2.75) is 69.5 Å². The molecule has 4 aliphatic carbocycles. The summed E-state index contributed by atoms with van der Waals surface area (Å²) in [5.41, 5.74) is 1.81. The molecule has 124 valence electrons. The number of hydrogen-bond acceptors (Lipinski definition) is 3. The number of rotatable bonds is 0. The Balaban J connectivity index is 1.63. The van der Waals surface area contributed by atoms with Gasteiger partial charge in [-0.05, 0) is 85.5 Å². The second-order valence-electron chi connectivity index (χ2n) is 8.81. The van der Waals surface area contributed by atoms with Crippen molar-refractivity contribution in [3.63, 3.8) is 0 Å². The molecule has 0 unspecified atom stereocenters. The third-order valence-corrected chi connectivity index (χ3v) is 8.52. The zero-order valence-corrected chi connectivity index (χ0v) is 13.8. The van der Waals surface area contributed by atoms with Gasteiger partial charge in [-0.2, -0.15) is 0 Å². The molecule has 6 atom stereocenters. The summed E-state index contributed by atoms with van der Waals surface area (Å²) in [6, 6.07) is 5.87. The van der Waals surface area contributed by atoms with Crippen LogP contribution in [0.3, 0.4) is 0 Å². The molecule has 0 aliphatic heterocycles. The lowest BCUT2D eigenvalue weighted by Gasteiger charge is -2.56. The minimum atomic E-state index is -0.868. The van der Waals surface area contributed by atoms with E-state index in [2.05, 4.69) is 13.0 Å². The van der Waals surface area contributed by atoms with Crippen LogP contribution in [0.2, 0.25) is 0 Å². The second-order valence-corrected chi connectivity index (χ2v) is 8.81. The van der Waals surface area contributed by atoms with Crippen LogP contribution in [0, 0.1) is 16.7 Å². The zero-order valence-electron chi connectivity index (χ0n) is 13.8. The van der Waals surface area contributed by atoms with E-state index in [0.29, 0.717) is 17.6 Å². The van der Waals surface area contributed by atoms with E-state index in [1.807, 2.05) is 12.1 Å². The molecule has 1 aromatic rings. The third-order valence-electron chi connectivity index (χ3n) is 8.52. The highest BCUT2D eigenvalue weighted by Crippen LogP contribution is 2.77. The van der Waals surface area contributed by atoms with Crippen LogP contribution in [0.1, 0.15) is 62.5 Å². The summed E-state index contributed by atoms with van der Waals surface area (Å²) in [5, 5.41) is 31.6. The van der Waals surface area contributed by atoms with Crippen molar-refractivity contribution in [1.82, 2.24) is 0 Å². The lowest BCUT2D eigenvalue weighted by Crippen LogP contribution is -2.53. The molecule has 23 heavy (non-hydrogen) atoms. The summed E-state index contributed by atoms with van der Waals surface area (Å²) < 4.78 is 0. The minimum Gasteiger partial charge on any atom is -0.508 e. The molecule has 0 radical (unpaired) electrons. The molecule has 5 rings (SSSR count). The number of benzene rings is 1. The molecule has 0 aromatic heterocycles. The van der Waals surface area contributed by atoms with Crippen molar-refractivity contribution in [2.24, 2.45) is 16.7 Å². The summed E-state index contributed by atoms with van der Waals surface area (Å²) in [5.74, 6) is 1.46. The van der Waals surface area contributed by atoms with Gasteiger partial charge in [0, 0.05) is 5.41 Å². The average molecular weight is 314 g/mol. The van der Waals surface area contributed by atoms with Gasteiger partial charge in [-0.3, -0.25) is 0 Å². The van der Waals surface area contributed by atoms with Crippen LogP contribution in [0.15, 0.2) is 18.2 Å². The molecule has 1 aromatic carbocycles. The first-order valence-corrected chi connectivity index (χ1v) is 9.14. The number of hydrogen-bond donors (Lipinski definition) is 3. The van der Waals surface area contributed by atoms with E-state index in [1.165, 1.54) is 11.1 Å². The van der Waals surface area contributed by atoms with Gasteiger partial charge in [0.2, 0.25) is 0 Å². The third kappa shape index (κ3) is 1.41. The Labute approximate surface area is 137 Å². The van der Waals surface area contributed by atoms with Crippen molar-refractivity contribution in [3.05, 3.63) is 29.3 Å². The number of aromatic hydroxyl groups is 1. The summed E-state index contributed by atoms with van der Waals surface area (Å²) >= 11 is 0. The van der Waals surface area contributed by atoms with Crippen LogP contribution >= 0.6 is 0 Å². The van der Waals surface area contributed by atoms with Crippen LogP contribution in [0.5, 0.6) is 5.75 Å². The predicted octanol–water partition coefficient (Wildman–Crippen LogP) is 3.11. The Morgan fingerprint density at radius 1 is 1.13 bits per heavy atom. The summed E-state index contributed by atoms with van der Waals surface area (Å²) in [6.07, 6.45) is 6.27. The fourth-order valence-corrected chi connectivity index (χ4v) is 7.34. The zero-order chi connectivity index (χ0) is 16.0. The van der Waals surface area contributed by atoms with Gasteiger partial charge < -0.3 is 15.3 Å². The molecule has 3 fully saturated rings. The standard InChI is InChI=1S/C20H26O3/c1-18-7-6-15-14-4-3-13(21)10-12(14)2-5-16(15)19(18)8-9-20(18,23)17(22)11-19/h3-4,10,15-17,21-23H,2,5-9,11H2,1H3/t15-,16-,17+,18+,19+,20+/m1/s1. The SMILES string of the molecule is C[C@]12CC[C@@H]3c4ccc(O)cc4CC[C@H]3[C@@]13CC[C@]2(O)[C@@H](O)C3. The number of phenolic OH excluding ortho intramolecular Hbond substituents is 1. The summed E-state index contributed by atoms with van der Waals surface area (Å²) in [4.78, 5) is 0. The molecule has 0 heterocycles. The van der Waals surface area contributed by atoms with Gasteiger partial charge >= 0.3 is 0 Å². The van der Waals surface area contributed by atoms with Crippen LogP contribution < -0.4 is 0 Å². The Morgan fingerprint density at radius 3 is 2.74 bits per heavy atom. The number of aryl methyl sites for hydroxylation is 1. The number of phenols is 1. The largest absolute Gasteiger partial charge is 0.508 e. The topological polar surface area (TPSA) is 60.7 Å². The van der Waals surface area contributed by atoms with Crippen LogP contribution in [0.25, 0.3) is 0 Å². The van der Waals surface area contributed by atoms with Gasteiger partial charge in [0.1, 0.15) is 5.75 Å². The van der Waals surface area contributed by atoms with E-state index in [4.69, 9.17) is 0 Å². The van der Waals surface area contributed by atoms with Gasteiger partial charge in [0.25, 0.3) is 0 Å². The Kier molecular flexibility index (Phi) is 2.56. The quantitative estimate of drug-likeness (QED) is 0.689. The summed E-state index contributed by atoms with van der Waals surface area (Å²) in [7, 11) is 0. The Bertz CT molecular complexity index is 685. The maximum atomic E-state index is 11.2. The first-order valence-electron chi connectivity index (χ1n) is 9.14. The van der Waals surface area contributed by atoms with Crippen molar-refractivity contribution in [1.29, 1.82) is 0 Å². The number of fused-ring (bicyclic) bond motifs is 3. The smallest absolute Gasteiger partial charge is 0.115 e. The van der Waals surface area contributed by atoms with Gasteiger partial charge in [0.15, 0.2) is 0 Å². The lowest BCUT2D eigenvalue weighted by atomic mass is 9.48.